The van der Waals surface area contributed by atoms with E-state index < -0.39 is 0 Å². The maximum atomic E-state index is 6.10. The minimum atomic E-state index is 0.572. The van der Waals surface area contributed by atoms with Crippen LogP contribution in [0.1, 0.15) is 22.3 Å². The van der Waals surface area contributed by atoms with E-state index in [4.69, 9.17) is 22.1 Å². The van der Waals surface area contributed by atoms with Crippen molar-refractivity contribution in [3.63, 3.8) is 0 Å². The van der Waals surface area contributed by atoms with Crippen molar-refractivity contribution in [1.82, 2.24) is 0 Å². The van der Waals surface area contributed by atoms with Gasteiger partial charge in [0, 0.05) is 5.02 Å². The summed E-state index contributed by atoms with van der Waals surface area (Å²) in [6.45, 7) is 6.81. The van der Waals surface area contributed by atoms with Gasteiger partial charge in [-0.05, 0) is 80.3 Å². The number of rotatable bonds is 4. The Hall–Kier alpha value is -1.51. The first-order chi connectivity index (χ1) is 9.51. The number of nitrogens with two attached hydrogens (primary N) is 1. The van der Waals surface area contributed by atoms with Gasteiger partial charge in [0.2, 0.25) is 0 Å². The number of hydrogen-bond donors (Lipinski definition) is 1. The molecule has 0 unspecified atom stereocenters. The van der Waals surface area contributed by atoms with Gasteiger partial charge in [-0.3, -0.25) is 0 Å². The van der Waals surface area contributed by atoms with Crippen molar-refractivity contribution in [3.05, 3.63) is 57.6 Å². The van der Waals surface area contributed by atoms with Crippen molar-refractivity contribution < 1.29 is 4.74 Å². The molecule has 0 saturated heterocycles. The molecule has 0 atom stereocenters. The molecule has 0 aromatic heterocycles. The molecule has 0 spiro atoms. The highest BCUT2D eigenvalue weighted by molar-refractivity contribution is 6.30. The predicted molar refractivity (Wildman–Crippen MR) is 84.9 cm³/mol. The molecule has 2 nitrogen and oxygen atoms in total. The summed E-state index contributed by atoms with van der Waals surface area (Å²) in [6.07, 6.45) is 0.750. The highest BCUT2D eigenvalue weighted by Gasteiger charge is 2.09. The number of hydrogen-bond acceptors (Lipinski definition) is 2. The zero-order chi connectivity index (χ0) is 14.7. The van der Waals surface area contributed by atoms with Gasteiger partial charge in [-0.1, -0.05) is 17.7 Å². The van der Waals surface area contributed by atoms with Crippen LogP contribution in [0.3, 0.4) is 0 Å². The largest absolute Gasteiger partial charge is 0.457 e. The van der Waals surface area contributed by atoms with Crippen molar-refractivity contribution in [1.29, 1.82) is 0 Å². The Morgan fingerprint density at radius 3 is 2.50 bits per heavy atom. The van der Waals surface area contributed by atoms with Gasteiger partial charge in [-0.25, -0.2) is 0 Å². The van der Waals surface area contributed by atoms with E-state index in [0.29, 0.717) is 11.6 Å². The van der Waals surface area contributed by atoms with E-state index in [-0.39, 0.29) is 0 Å². The van der Waals surface area contributed by atoms with Gasteiger partial charge in [-0.2, -0.15) is 0 Å². The summed E-state index contributed by atoms with van der Waals surface area (Å²) in [5.41, 5.74) is 10.3. The van der Waals surface area contributed by atoms with Crippen LogP contribution in [0.5, 0.6) is 11.5 Å². The summed E-state index contributed by atoms with van der Waals surface area (Å²) in [5.74, 6) is 1.72. The van der Waals surface area contributed by atoms with Gasteiger partial charge in [-0.15, -0.1) is 0 Å². The van der Waals surface area contributed by atoms with Crippen LogP contribution in [0.15, 0.2) is 30.3 Å². The van der Waals surface area contributed by atoms with Crippen molar-refractivity contribution in [2.75, 3.05) is 6.54 Å². The minimum absolute atomic E-state index is 0.572. The third kappa shape index (κ3) is 3.33. The molecule has 3 heteroatoms. The van der Waals surface area contributed by atoms with E-state index in [2.05, 4.69) is 32.9 Å². The zero-order valence-electron chi connectivity index (χ0n) is 12.2. The maximum absolute atomic E-state index is 6.10. The molecule has 0 aliphatic rings. The molecule has 0 heterocycles. The molecule has 0 aliphatic carbocycles. The van der Waals surface area contributed by atoms with Crippen molar-refractivity contribution in [2.45, 2.75) is 27.2 Å². The van der Waals surface area contributed by atoms with Gasteiger partial charge < -0.3 is 10.5 Å². The van der Waals surface area contributed by atoms with Gasteiger partial charge >= 0.3 is 0 Å². The van der Waals surface area contributed by atoms with Crippen molar-refractivity contribution in [2.24, 2.45) is 5.73 Å². The molecule has 0 amide bonds. The lowest BCUT2D eigenvalue weighted by atomic mass is 10.1. The fraction of sp³-hybridized carbons (Fsp3) is 0.294. The predicted octanol–water partition coefficient (Wildman–Crippen LogP) is 4.56. The summed E-state index contributed by atoms with van der Waals surface area (Å²) in [7, 11) is 0. The van der Waals surface area contributed by atoms with Crippen molar-refractivity contribution in [3.8, 4) is 11.5 Å². The fourth-order valence-electron chi connectivity index (χ4n) is 2.22. The fourth-order valence-corrected chi connectivity index (χ4v) is 2.42. The Morgan fingerprint density at radius 1 is 1.05 bits per heavy atom. The smallest absolute Gasteiger partial charge is 0.130 e. The standard InChI is InChI=1S/C17H20ClNO/c1-11-8-12(2)13(3)17(9-11)20-16-5-4-15(18)10-14(16)6-7-19/h4-5,8-10H,6-7,19H2,1-3H3. The Kier molecular flexibility index (Phi) is 4.69. The first kappa shape index (κ1) is 14.9. The summed E-state index contributed by atoms with van der Waals surface area (Å²) >= 11 is 6.04. The molecule has 2 N–H and O–H groups in total. The van der Waals surface area contributed by atoms with Crippen LogP contribution in [-0.4, -0.2) is 6.54 Å². The molecule has 20 heavy (non-hydrogen) atoms. The highest BCUT2D eigenvalue weighted by atomic mass is 35.5. The van der Waals surface area contributed by atoms with E-state index >= 15 is 0 Å². The number of aryl methyl sites for hydroxylation is 2. The summed E-state index contributed by atoms with van der Waals surface area (Å²) in [5, 5.41) is 0.706. The SMILES string of the molecule is Cc1cc(C)c(C)c(Oc2ccc(Cl)cc2CCN)c1. The van der Waals surface area contributed by atoms with Crippen LogP contribution in [0.25, 0.3) is 0 Å². The van der Waals surface area contributed by atoms with Crippen LogP contribution in [0.4, 0.5) is 0 Å². The molecular weight excluding hydrogens is 270 g/mol. The van der Waals surface area contributed by atoms with Crippen LogP contribution < -0.4 is 10.5 Å². The second-order valence-corrected chi connectivity index (χ2v) is 5.53. The molecule has 0 bridgehead atoms. The van der Waals surface area contributed by atoms with E-state index in [0.717, 1.165) is 29.0 Å². The van der Waals surface area contributed by atoms with Gasteiger partial charge in [0.1, 0.15) is 11.5 Å². The molecule has 0 fully saturated rings. The Balaban J connectivity index is 2.39. The summed E-state index contributed by atoms with van der Waals surface area (Å²) in [4.78, 5) is 0. The lowest BCUT2D eigenvalue weighted by molar-refractivity contribution is 0.471. The molecule has 0 radical (unpaired) electrons. The van der Waals surface area contributed by atoms with Crippen LogP contribution >= 0.6 is 11.6 Å². The molecule has 2 aromatic carbocycles. The van der Waals surface area contributed by atoms with Crippen LogP contribution in [-0.2, 0) is 6.42 Å². The number of benzene rings is 2. The molecular formula is C17H20ClNO. The topological polar surface area (TPSA) is 35.2 Å². The Labute approximate surface area is 125 Å². The van der Waals surface area contributed by atoms with E-state index in [9.17, 15) is 0 Å². The first-order valence-electron chi connectivity index (χ1n) is 6.75. The van der Waals surface area contributed by atoms with Gasteiger partial charge in [0.25, 0.3) is 0 Å². The van der Waals surface area contributed by atoms with Gasteiger partial charge in [0.05, 0.1) is 0 Å². The van der Waals surface area contributed by atoms with E-state index in [1.54, 1.807) is 0 Å². The highest BCUT2D eigenvalue weighted by Crippen LogP contribution is 2.32. The average molecular weight is 290 g/mol. The third-order valence-electron chi connectivity index (χ3n) is 3.42. The second kappa shape index (κ2) is 6.29. The lowest BCUT2D eigenvalue weighted by Crippen LogP contribution is -2.04. The van der Waals surface area contributed by atoms with E-state index in [1.807, 2.05) is 18.2 Å². The normalized spacial score (nSPS) is 10.7. The lowest BCUT2D eigenvalue weighted by Gasteiger charge is -2.15. The summed E-state index contributed by atoms with van der Waals surface area (Å²) in [6, 6.07) is 9.88. The molecule has 0 saturated carbocycles. The quantitative estimate of drug-likeness (QED) is 0.895. The Bertz CT molecular complexity index is 623. The van der Waals surface area contributed by atoms with Crippen LogP contribution in [0, 0.1) is 20.8 Å². The molecule has 2 aromatic rings. The Morgan fingerprint density at radius 2 is 1.80 bits per heavy atom. The summed E-state index contributed by atoms with van der Waals surface area (Å²) < 4.78 is 6.10. The first-order valence-corrected chi connectivity index (χ1v) is 7.13. The molecule has 2 rings (SSSR count). The molecule has 0 aliphatic heterocycles. The van der Waals surface area contributed by atoms with E-state index in [1.165, 1.54) is 11.1 Å². The molecule has 106 valence electrons. The monoisotopic (exact) mass is 289 g/mol. The van der Waals surface area contributed by atoms with Crippen LogP contribution in [0.2, 0.25) is 5.02 Å². The minimum Gasteiger partial charge on any atom is -0.457 e. The number of halogens is 1. The maximum Gasteiger partial charge on any atom is 0.130 e. The van der Waals surface area contributed by atoms with Gasteiger partial charge in [0.15, 0.2) is 0 Å². The van der Waals surface area contributed by atoms with Crippen molar-refractivity contribution >= 4 is 11.6 Å². The average Bonchev–Trinajstić information content (AvgIpc) is 2.38. The second-order valence-electron chi connectivity index (χ2n) is 5.10. The number of ether oxygens (including phenoxy) is 1. The third-order valence-corrected chi connectivity index (χ3v) is 3.66. The zero-order valence-corrected chi connectivity index (χ0v) is 12.9.